The van der Waals surface area contributed by atoms with Crippen LogP contribution >= 0.6 is 0 Å². The fourth-order valence-corrected chi connectivity index (χ4v) is 2.27. The molecule has 124 valence electrons. The third-order valence-corrected chi connectivity index (χ3v) is 3.36. The highest BCUT2D eigenvalue weighted by Gasteiger charge is 2.26. The maximum absolute atomic E-state index is 10.9. The van der Waals surface area contributed by atoms with Gasteiger partial charge in [0.15, 0.2) is 0 Å². The number of nitrogens with two attached hydrogens (primary N) is 1. The Morgan fingerprint density at radius 3 is 2.29 bits per heavy atom. The minimum atomic E-state index is -0.778. The van der Waals surface area contributed by atoms with Gasteiger partial charge in [-0.15, -0.1) is 0 Å². The average Bonchev–Trinajstić information content (AvgIpc) is 2.94. The zero-order chi connectivity index (χ0) is 16.4. The van der Waals surface area contributed by atoms with Crippen LogP contribution in [0, 0.1) is 20.2 Å². The van der Waals surface area contributed by atoms with E-state index < -0.39 is 21.2 Å². The summed E-state index contributed by atoms with van der Waals surface area (Å²) in [4.78, 5) is 27.5. The Labute approximate surface area is 141 Å². The largest absolute Gasteiger partial charge is 1.00 e. The molecular formula is C14H12ClN5O4. The summed E-state index contributed by atoms with van der Waals surface area (Å²) in [7, 11) is 0. The SMILES string of the molecule is O=[N+]([O-])c1cc2nc([NH2+]Cc3ccccc3)[nH]c2cc1[N+](=O)[O-].[Cl-]. The first kappa shape index (κ1) is 17.3. The second kappa shape index (κ2) is 7.02. The van der Waals surface area contributed by atoms with Crippen molar-refractivity contribution in [3.05, 3.63) is 68.3 Å². The molecule has 1 aromatic heterocycles. The fourth-order valence-electron chi connectivity index (χ4n) is 2.27. The second-order valence-electron chi connectivity index (χ2n) is 4.89. The second-order valence-corrected chi connectivity index (χ2v) is 4.89. The lowest BCUT2D eigenvalue weighted by atomic mass is 10.2. The van der Waals surface area contributed by atoms with Crippen molar-refractivity contribution in [3.8, 4) is 0 Å². The molecule has 24 heavy (non-hydrogen) atoms. The number of nitro benzene ring substituents is 2. The monoisotopic (exact) mass is 349 g/mol. The standard InChI is InChI=1S/C14H11N5O4.ClH/c20-18(21)12-6-10-11(7-13(12)19(22)23)17-14(16-10)15-8-9-4-2-1-3-5-9;/h1-7H,8H2,(H2,15,16,17);1H. The number of quaternary nitrogens is 1. The zero-order valence-electron chi connectivity index (χ0n) is 12.2. The molecule has 3 rings (SSSR count). The first-order valence-electron chi connectivity index (χ1n) is 6.74. The molecule has 0 fully saturated rings. The maximum atomic E-state index is 10.9. The van der Waals surface area contributed by atoms with E-state index in [9.17, 15) is 20.2 Å². The number of benzene rings is 2. The third-order valence-electron chi connectivity index (χ3n) is 3.36. The number of imidazole rings is 1. The van der Waals surface area contributed by atoms with E-state index in [0.29, 0.717) is 23.5 Å². The highest BCUT2D eigenvalue weighted by atomic mass is 35.5. The van der Waals surface area contributed by atoms with Crippen LogP contribution in [0.5, 0.6) is 0 Å². The summed E-state index contributed by atoms with van der Waals surface area (Å²) in [6.07, 6.45) is 0. The number of rotatable bonds is 5. The number of nitro groups is 2. The number of hydrogen-bond donors (Lipinski definition) is 2. The smallest absolute Gasteiger partial charge is 0.348 e. The van der Waals surface area contributed by atoms with Gasteiger partial charge in [0.05, 0.1) is 21.4 Å². The van der Waals surface area contributed by atoms with Gasteiger partial charge in [-0.2, -0.15) is 4.98 Å². The lowest BCUT2D eigenvalue weighted by Gasteiger charge is -1.96. The lowest BCUT2D eigenvalue weighted by Crippen LogP contribution is -3.00. The first-order chi connectivity index (χ1) is 11.0. The molecule has 1 heterocycles. The molecule has 0 atom stereocenters. The van der Waals surface area contributed by atoms with Gasteiger partial charge in [0.25, 0.3) is 0 Å². The average molecular weight is 350 g/mol. The van der Waals surface area contributed by atoms with Gasteiger partial charge in [0, 0.05) is 11.6 Å². The number of hydrogen-bond acceptors (Lipinski definition) is 5. The van der Waals surface area contributed by atoms with Crippen molar-refractivity contribution in [2.24, 2.45) is 0 Å². The summed E-state index contributed by atoms with van der Waals surface area (Å²) in [6, 6.07) is 12.0. The number of halogens is 1. The van der Waals surface area contributed by atoms with Gasteiger partial charge in [-0.05, 0) is 0 Å². The van der Waals surface area contributed by atoms with E-state index in [0.717, 1.165) is 17.7 Å². The number of aromatic nitrogens is 2. The molecule has 0 unspecified atom stereocenters. The van der Waals surface area contributed by atoms with Gasteiger partial charge >= 0.3 is 17.3 Å². The molecule has 10 heteroatoms. The summed E-state index contributed by atoms with van der Waals surface area (Å²) in [5.74, 6) is 0.513. The highest BCUT2D eigenvalue weighted by Crippen LogP contribution is 2.30. The van der Waals surface area contributed by atoms with E-state index in [2.05, 4.69) is 9.97 Å². The van der Waals surface area contributed by atoms with E-state index in [1.54, 1.807) is 0 Å². The summed E-state index contributed by atoms with van der Waals surface area (Å²) in [6.45, 7) is 0.630. The summed E-state index contributed by atoms with van der Waals surface area (Å²) in [5, 5.41) is 23.7. The molecule has 0 saturated carbocycles. The Morgan fingerprint density at radius 2 is 1.67 bits per heavy atom. The molecule has 0 aliphatic heterocycles. The Morgan fingerprint density at radius 1 is 1.04 bits per heavy atom. The Kier molecular flexibility index (Phi) is 5.07. The molecule has 0 amide bonds. The molecule has 0 aliphatic carbocycles. The van der Waals surface area contributed by atoms with Gasteiger partial charge in [-0.3, -0.25) is 30.5 Å². The molecule has 0 spiro atoms. The van der Waals surface area contributed by atoms with Crippen molar-refractivity contribution >= 4 is 28.4 Å². The van der Waals surface area contributed by atoms with Crippen molar-refractivity contribution in [1.29, 1.82) is 0 Å². The third kappa shape index (κ3) is 3.47. The predicted molar refractivity (Wildman–Crippen MR) is 81.1 cm³/mol. The van der Waals surface area contributed by atoms with Crippen molar-refractivity contribution in [2.75, 3.05) is 0 Å². The van der Waals surface area contributed by atoms with E-state index in [1.807, 2.05) is 35.6 Å². The minimum Gasteiger partial charge on any atom is -1.00 e. The first-order valence-corrected chi connectivity index (χ1v) is 6.74. The van der Waals surface area contributed by atoms with Crippen LogP contribution in [0.2, 0.25) is 0 Å². The molecule has 2 aromatic carbocycles. The molecule has 9 nitrogen and oxygen atoms in total. The van der Waals surface area contributed by atoms with Gasteiger partial charge in [-0.25, -0.2) is 0 Å². The number of nitrogens with one attached hydrogen (secondary N) is 1. The Bertz CT molecular complexity index is 846. The topological polar surface area (TPSA) is 132 Å². The van der Waals surface area contributed by atoms with Crippen LogP contribution in [0.1, 0.15) is 5.56 Å². The summed E-state index contributed by atoms with van der Waals surface area (Å²) in [5.41, 5.74) is 0.678. The van der Waals surface area contributed by atoms with E-state index >= 15 is 0 Å². The molecule has 0 saturated heterocycles. The summed E-state index contributed by atoms with van der Waals surface area (Å²) < 4.78 is 0. The quantitative estimate of drug-likeness (QED) is 0.440. The van der Waals surface area contributed by atoms with Crippen molar-refractivity contribution in [3.63, 3.8) is 0 Å². The lowest BCUT2D eigenvalue weighted by molar-refractivity contribution is -0.595. The highest BCUT2D eigenvalue weighted by molar-refractivity contribution is 5.83. The summed E-state index contributed by atoms with van der Waals surface area (Å²) >= 11 is 0. The zero-order valence-corrected chi connectivity index (χ0v) is 12.9. The van der Waals surface area contributed by atoms with Crippen molar-refractivity contribution < 1.29 is 27.6 Å². The van der Waals surface area contributed by atoms with Crippen LogP contribution in [0.15, 0.2) is 42.5 Å². The van der Waals surface area contributed by atoms with Crippen LogP contribution in [-0.4, -0.2) is 19.8 Å². The normalized spacial score (nSPS) is 10.3. The molecule has 3 aromatic rings. The predicted octanol–water partition coefficient (Wildman–Crippen LogP) is -1.22. The van der Waals surface area contributed by atoms with Crippen LogP contribution in [0.3, 0.4) is 0 Å². The molecule has 3 N–H and O–H groups in total. The number of nitrogens with zero attached hydrogens (tertiary/aromatic N) is 3. The van der Waals surface area contributed by atoms with E-state index in [-0.39, 0.29) is 12.4 Å². The van der Waals surface area contributed by atoms with E-state index in [1.165, 1.54) is 0 Å². The fraction of sp³-hybridized carbons (Fsp3) is 0.0714. The van der Waals surface area contributed by atoms with Crippen LogP contribution in [0.4, 0.5) is 17.3 Å². The van der Waals surface area contributed by atoms with Gasteiger partial charge < -0.3 is 12.4 Å². The minimum absolute atomic E-state index is 0. The molecule has 0 aliphatic rings. The number of H-pyrrole nitrogens is 1. The Hall–Kier alpha value is -3.04. The van der Waals surface area contributed by atoms with Crippen LogP contribution in [0.25, 0.3) is 11.0 Å². The van der Waals surface area contributed by atoms with E-state index in [4.69, 9.17) is 0 Å². The Balaban J connectivity index is 0.00000208. The molecule has 0 bridgehead atoms. The number of aromatic amines is 1. The van der Waals surface area contributed by atoms with Gasteiger partial charge in [0.1, 0.15) is 12.1 Å². The van der Waals surface area contributed by atoms with Gasteiger partial charge in [0.2, 0.25) is 0 Å². The van der Waals surface area contributed by atoms with Crippen molar-refractivity contribution in [2.45, 2.75) is 6.54 Å². The van der Waals surface area contributed by atoms with Crippen LogP contribution < -0.4 is 17.7 Å². The molecule has 0 radical (unpaired) electrons. The van der Waals surface area contributed by atoms with Crippen LogP contribution in [-0.2, 0) is 6.54 Å². The number of fused-ring (bicyclic) bond motifs is 1. The van der Waals surface area contributed by atoms with Crippen molar-refractivity contribution in [1.82, 2.24) is 9.97 Å². The van der Waals surface area contributed by atoms with Gasteiger partial charge in [-0.1, -0.05) is 30.3 Å². The molecular weight excluding hydrogens is 338 g/mol. The maximum Gasteiger partial charge on any atom is 0.348 e.